The van der Waals surface area contributed by atoms with Gasteiger partial charge in [0.1, 0.15) is 0 Å². The third-order valence-electron chi connectivity index (χ3n) is 7.93. The second-order valence-electron chi connectivity index (χ2n) is 11.2. The first-order valence-corrected chi connectivity index (χ1v) is 13.4. The van der Waals surface area contributed by atoms with Crippen LogP contribution < -0.4 is 9.80 Å². The molecule has 0 bridgehead atoms. The number of aromatic nitrogens is 6. The highest BCUT2D eigenvalue weighted by Crippen LogP contribution is 2.38. The highest BCUT2D eigenvalue weighted by Gasteiger charge is 2.41. The van der Waals surface area contributed by atoms with Crippen molar-refractivity contribution in [1.82, 2.24) is 30.4 Å². The van der Waals surface area contributed by atoms with Crippen LogP contribution in [0.15, 0.2) is 53.7 Å². The Balaban J connectivity index is 1.31. The number of carbonyl (C=O) groups excluding carboxylic acids is 1. The molecule has 0 unspecified atom stereocenters. The topological polar surface area (TPSA) is 105 Å². The molecule has 6 rings (SSSR count). The van der Waals surface area contributed by atoms with Gasteiger partial charge in [-0.3, -0.25) is 9.89 Å². The zero-order chi connectivity index (χ0) is 27.5. The molecule has 0 amide bonds. The summed E-state index contributed by atoms with van der Waals surface area (Å²) in [6.45, 7) is 11.9. The van der Waals surface area contributed by atoms with Gasteiger partial charge in [0.05, 0.1) is 29.0 Å². The Morgan fingerprint density at radius 3 is 2.67 bits per heavy atom. The first kappa shape index (κ1) is 25.2. The summed E-state index contributed by atoms with van der Waals surface area (Å²) in [6.07, 6.45) is 0.638. The Hall–Kier alpha value is -4.05. The number of morpholine rings is 1. The third kappa shape index (κ3) is 4.28. The van der Waals surface area contributed by atoms with E-state index >= 15 is 0 Å². The maximum absolute atomic E-state index is 13.8. The summed E-state index contributed by atoms with van der Waals surface area (Å²) in [5.74, 6) is 0.675. The van der Waals surface area contributed by atoms with Crippen LogP contribution in [0.4, 0.5) is 11.6 Å². The quantitative estimate of drug-likeness (QED) is 0.414. The maximum Gasteiger partial charge on any atom is 0.250 e. The number of ketones is 1. The smallest absolute Gasteiger partial charge is 0.250 e. The van der Waals surface area contributed by atoms with Crippen LogP contribution >= 0.6 is 0 Å². The molecule has 2 aliphatic rings. The van der Waals surface area contributed by atoms with E-state index in [1.165, 1.54) is 0 Å². The maximum atomic E-state index is 13.8. The fourth-order valence-corrected chi connectivity index (χ4v) is 6.07. The molecule has 2 aliphatic heterocycles. The lowest BCUT2D eigenvalue weighted by atomic mass is 9.85. The van der Waals surface area contributed by atoms with Crippen molar-refractivity contribution < 1.29 is 9.53 Å². The summed E-state index contributed by atoms with van der Waals surface area (Å²) in [7, 11) is 1.89. The van der Waals surface area contributed by atoms with Gasteiger partial charge in [-0.05, 0) is 74.9 Å². The molecule has 1 N–H and O–H groups in total. The number of hydrogen-bond donors (Lipinski definition) is 1. The van der Waals surface area contributed by atoms with Gasteiger partial charge in [-0.25, -0.2) is 4.68 Å². The number of fused-ring (bicyclic) bond motifs is 2. The standard InChI is InChI=1S/C29H34N8O2/c1-17-15-36(16-18(2)39-17)22-9-7-8-21(14-22)27-23-12-20(10-11-24(23)30-31-27)13-25(38)26-19(3)35(6)28-32-33-34-37(28)29(26,4)5/h7-12,14,17-18H,13,15-16H2,1-6H3,(H,30,31)/t17-,18+. The second-order valence-corrected chi connectivity index (χ2v) is 11.2. The number of anilines is 2. The predicted octanol–water partition coefficient (Wildman–Crippen LogP) is 4.10. The molecule has 0 aliphatic carbocycles. The minimum absolute atomic E-state index is 0.0486. The van der Waals surface area contributed by atoms with Crippen molar-refractivity contribution in [1.29, 1.82) is 0 Å². The van der Waals surface area contributed by atoms with E-state index in [4.69, 9.17) is 4.74 Å². The lowest BCUT2D eigenvalue weighted by molar-refractivity contribution is -0.116. The number of aromatic amines is 1. The van der Waals surface area contributed by atoms with Crippen molar-refractivity contribution in [3.05, 3.63) is 59.3 Å². The molecule has 4 heterocycles. The fraction of sp³-hybridized carbons (Fsp3) is 0.414. The van der Waals surface area contributed by atoms with Crippen LogP contribution in [-0.4, -0.2) is 68.5 Å². The normalized spacial score (nSPS) is 21.0. The van der Waals surface area contributed by atoms with Gasteiger partial charge in [0.15, 0.2) is 5.78 Å². The van der Waals surface area contributed by atoms with Crippen LogP contribution in [0.2, 0.25) is 0 Å². The Bertz CT molecular complexity index is 1590. The molecule has 1 fully saturated rings. The first-order valence-electron chi connectivity index (χ1n) is 13.4. The van der Waals surface area contributed by atoms with E-state index in [-0.39, 0.29) is 24.4 Å². The number of nitrogens with zero attached hydrogens (tertiary/aromatic N) is 7. The number of hydrogen-bond acceptors (Lipinski definition) is 8. The van der Waals surface area contributed by atoms with Crippen LogP contribution in [0.25, 0.3) is 22.2 Å². The molecule has 39 heavy (non-hydrogen) atoms. The van der Waals surface area contributed by atoms with E-state index in [1.54, 1.807) is 4.68 Å². The number of ether oxygens (including phenoxy) is 1. The Morgan fingerprint density at radius 1 is 1.13 bits per heavy atom. The van der Waals surface area contributed by atoms with Gasteiger partial charge >= 0.3 is 0 Å². The van der Waals surface area contributed by atoms with Gasteiger partial charge in [-0.1, -0.05) is 23.3 Å². The zero-order valence-corrected chi connectivity index (χ0v) is 23.3. The number of rotatable bonds is 5. The number of carbonyl (C=O) groups is 1. The number of nitrogens with one attached hydrogen (secondary N) is 1. The molecule has 202 valence electrons. The lowest BCUT2D eigenvalue weighted by Crippen LogP contribution is -2.45. The number of benzene rings is 2. The largest absolute Gasteiger partial charge is 0.372 e. The summed E-state index contributed by atoms with van der Waals surface area (Å²) < 4.78 is 7.64. The molecular weight excluding hydrogens is 492 g/mol. The molecule has 10 heteroatoms. The molecule has 2 aromatic heterocycles. The van der Waals surface area contributed by atoms with Gasteiger partial charge in [-0.2, -0.15) is 5.10 Å². The van der Waals surface area contributed by atoms with Gasteiger partial charge < -0.3 is 14.5 Å². The zero-order valence-electron chi connectivity index (χ0n) is 23.3. The summed E-state index contributed by atoms with van der Waals surface area (Å²) in [4.78, 5) is 18.0. The SMILES string of the molecule is CC1=C(C(=O)Cc2ccc3[nH]nc(-c4cccc(N5C[C@@H](C)O[C@@H](C)C5)c4)c3c2)C(C)(C)n2nnnc2N1C. The summed E-state index contributed by atoms with van der Waals surface area (Å²) in [5, 5.41) is 21.0. The molecule has 0 spiro atoms. The summed E-state index contributed by atoms with van der Waals surface area (Å²) in [6, 6.07) is 14.6. The van der Waals surface area contributed by atoms with Crippen LogP contribution in [0, 0.1) is 0 Å². The number of tetrazole rings is 1. The molecule has 1 saturated heterocycles. The minimum Gasteiger partial charge on any atom is -0.372 e. The van der Waals surface area contributed by atoms with Gasteiger partial charge in [0, 0.05) is 54.5 Å². The Morgan fingerprint density at radius 2 is 1.90 bits per heavy atom. The summed E-state index contributed by atoms with van der Waals surface area (Å²) in [5.41, 5.74) is 5.85. The monoisotopic (exact) mass is 526 g/mol. The minimum atomic E-state index is -0.660. The number of Topliss-reactive ketones (excluding diaryl/α,β-unsaturated/α-hetero) is 1. The Labute approximate surface area is 227 Å². The van der Waals surface area contributed by atoms with Crippen molar-refractivity contribution in [2.75, 3.05) is 29.9 Å². The molecule has 2 atom stereocenters. The molecule has 0 radical (unpaired) electrons. The van der Waals surface area contributed by atoms with E-state index in [1.807, 2.05) is 44.9 Å². The highest BCUT2D eigenvalue weighted by atomic mass is 16.5. The van der Waals surface area contributed by atoms with Crippen molar-refractivity contribution in [2.24, 2.45) is 0 Å². The van der Waals surface area contributed by atoms with Crippen molar-refractivity contribution in [2.45, 2.75) is 58.8 Å². The molecule has 10 nitrogen and oxygen atoms in total. The first-order chi connectivity index (χ1) is 18.6. The molecule has 4 aromatic rings. The third-order valence-corrected chi connectivity index (χ3v) is 7.93. The molecule has 0 saturated carbocycles. The van der Waals surface area contributed by atoms with E-state index in [0.717, 1.165) is 52.2 Å². The van der Waals surface area contributed by atoms with Crippen molar-refractivity contribution in [3.8, 4) is 11.3 Å². The van der Waals surface area contributed by atoms with E-state index in [0.29, 0.717) is 11.5 Å². The Kier molecular flexibility index (Phi) is 6.02. The van der Waals surface area contributed by atoms with Crippen LogP contribution in [0.3, 0.4) is 0 Å². The molecule has 2 aromatic carbocycles. The van der Waals surface area contributed by atoms with E-state index < -0.39 is 5.54 Å². The van der Waals surface area contributed by atoms with Crippen LogP contribution in [-0.2, 0) is 21.5 Å². The second kappa shape index (κ2) is 9.30. The number of H-pyrrole nitrogens is 1. The number of allylic oxidation sites excluding steroid dienone is 2. The summed E-state index contributed by atoms with van der Waals surface area (Å²) >= 11 is 0. The van der Waals surface area contributed by atoms with Crippen LogP contribution in [0.5, 0.6) is 0 Å². The van der Waals surface area contributed by atoms with E-state index in [2.05, 4.69) is 74.8 Å². The van der Waals surface area contributed by atoms with Gasteiger partial charge in [0.25, 0.3) is 0 Å². The highest BCUT2D eigenvalue weighted by molar-refractivity contribution is 6.01. The molecular formula is C29H34N8O2. The lowest BCUT2D eigenvalue weighted by Gasteiger charge is -2.37. The fourth-order valence-electron chi connectivity index (χ4n) is 6.07. The van der Waals surface area contributed by atoms with Gasteiger partial charge in [0.2, 0.25) is 5.95 Å². The average Bonchev–Trinajstić information content (AvgIpc) is 3.55. The average molecular weight is 527 g/mol. The van der Waals surface area contributed by atoms with Crippen molar-refractivity contribution >= 4 is 28.3 Å². The van der Waals surface area contributed by atoms with Crippen LogP contribution in [0.1, 0.15) is 40.2 Å². The van der Waals surface area contributed by atoms with Crippen molar-refractivity contribution in [3.63, 3.8) is 0 Å². The van der Waals surface area contributed by atoms with E-state index in [9.17, 15) is 4.79 Å². The van der Waals surface area contributed by atoms with Gasteiger partial charge in [-0.15, -0.1) is 0 Å². The predicted molar refractivity (Wildman–Crippen MR) is 151 cm³/mol.